The maximum absolute atomic E-state index is 12.5. The van der Waals surface area contributed by atoms with E-state index in [1.807, 2.05) is 12.1 Å². The second-order valence-electron chi connectivity index (χ2n) is 5.61. The number of carbonyl (C=O) groups is 2. The van der Waals surface area contributed by atoms with Gasteiger partial charge in [-0.3, -0.25) is 4.79 Å². The summed E-state index contributed by atoms with van der Waals surface area (Å²) in [5, 5.41) is 22.1. The van der Waals surface area contributed by atoms with Crippen LogP contribution in [0.2, 0.25) is 0 Å². The van der Waals surface area contributed by atoms with Gasteiger partial charge in [0.25, 0.3) is 5.91 Å². The van der Waals surface area contributed by atoms with Crippen LogP contribution in [-0.4, -0.2) is 52.2 Å². The number of carbonyl (C=O) groups excluding carboxylic acids is 1. The number of aliphatic hydroxyl groups excluding tert-OH is 1. The number of benzene rings is 1. The monoisotopic (exact) mass is 290 g/mol. The molecule has 6 nitrogen and oxygen atoms in total. The normalized spacial score (nSPS) is 24.7. The number of nitrogens with zero attached hydrogens (tertiary/aromatic N) is 1. The van der Waals surface area contributed by atoms with Gasteiger partial charge in [-0.2, -0.15) is 0 Å². The number of carboxylic acids is 1. The molecule has 1 amide bonds. The number of rotatable bonds is 2. The lowest BCUT2D eigenvalue weighted by atomic mass is 9.98. The van der Waals surface area contributed by atoms with Gasteiger partial charge in [-0.05, 0) is 36.2 Å². The summed E-state index contributed by atoms with van der Waals surface area (Å²) < 4.78 is 0. The molecule has 2 aliphatic rings. The summed E-state index contributed by atoms with van der Waals surface area (Å²) in [6.45, 7) is 1.73. The van der Waals surface area contributed by atoms with Gasteiger partial charge < -0.3 is 20.4 Å². The number of aliphatic hydroxyl groups is 1. The van der Waals surface area contributed by atoms with Crippen molar-refractivity contribution >= 4 is 11.9 Å². The second kappa shape index (κ2) is 5.46. The third kappa shape index (κ3) is 2.64. The molecule has 1 unspecified atom stereocenters. The first kappa shape index (κ1) is 14.0. The number of hydrogen-bond acceptors (Lipinski definition) is 4. The molecule has 3 rings (SSSR count). The topological polar surface area (TPSA) is 89.9 Å². The molecular weight excluding hydrogens is 272 g/mol. The fourth-order valence-electron chi connectivity index (χ4n) is 3.05. The predicted molar refractivity (Wildman–Crippen MR) is 74.9 cm³/mol. The molecule has 0 aromatic heterocycles. The van der Waals surface area contributed by atoms with Crippen molar-refractivity contribution in [1.82, 2.24) is 10.2 Å². The molecule has 1 fully saturated rings. The highest BCUT2D eigenvalue weighted by molar-refractivity contribution is 5.97. The Bertz CT molecular complexity index is 587. The fourth-order valence-corrected chi connectivity index (χ4v) is 3.05. The lowest BCUT2D eigenvalue weighted by Gasteiger charge is -2.23. The summed E-state index contributed by atoms with van der Waals surface area (Å²) in [5.41, 5.74) is 2.79. The highest BCUT2D eigenvalue weighted by atomic mass is 16.4. The van der Waals surface area contributed by atoms with E-state index in [1.54, 1.807) is 6.07 Å². The average Bonchev–Trinajstić information content (AvgIpc) is 2.88. The van der Waals surface area contributed by atoms with Crippen molar-refractivity contribution in [2.24, 2.45) is 0 Å². The maximum Gasteiger partial charge on any atom is 0.326 e. The van der Waals surface area contributed by atoms with Crippen molar-refractivity contribution in [3.8, 4) is 0 Å². The first-order valence-corrected chi connectivity index (χ1v) is 7.10. The molecule has 3 N–H and O–H groups in total. The minimum Gasteiger partial charge on any atom is -0.480 e. The van der Waals surface area contributed by atoms with E-state index in [0.717, 1.165) is 25.1 Å². The van der Waals surface area contributed by atoms with Crippen molar-refractivity contribution in [2.45, 2.75) is 31.5 Å². The van der Waals surface area contributed by atoms with Gasteiger partial charge in [-0.1, -0.05) is 6.07 Å². The molecule has 1 saturated heterocycles. The Morgan fingerprint density at radius 1 is 1.29 bits per heavy atom. The van der Waals surface area contributed by atoms with E-state index in [2.05, 4.69) is 5.32 Å². The number of aliphatic carboxylic acids is 1. The Morgan fingerprint density at radius 2 is 2.10 bits per heavy atom. The van der Waals surface area contributed by atoms with Crippen LogP contribution in [0.1, 0.15) is 27.9 Å². The number of nitrogens with one attached hydrogen (secondary N) is 1. The minimum absolute atomic E-state index is 0.0745. The molecule has 2 heterocycles. The average molecular weight is 290 g/mol. The van der Waals surface area contributed by atoms with E-state index < -0.39 is 18.1 Å². The lowest BCUT2D eigenvalue weighted by molar-refractivity contribution is -0.141. The van der Waals surface area contributed by atoms with Gasteiger partial charge >= 0.3 is 5.97 Å². The van der Waals surface area contributed by atoms with Gasteiger partial charge in [0.2, 0.25) is 0 Å². The zero-order valence-corrected chi connectivity index (χ0v) is 11.6. The SMILES string of the molecule is O=C(O)[C@@H]1CC(O)CN1C(=O)c1ccc2c(c1)CNCC2. The van der Waals surface area contributed by atoms with E-state index in [0.29, 0.717) is 5.56 Å². The van der Waals surface area contributed by atoms with Gasteiger partial charge in [0.05, 0.1) is 6.10 Å². The molecule has 0 aliphatic carbocycles. The Labute approximate surface area is 122 Å². The van der Waals surface area contributed by atoms with Gasteiger partial charge in [-0.25, -0.2) is 4.79 Å². The van der Waals surface area contributed by atoms with Crippen molar-refractivity contribution in [1.29, 1.82) is 0 Å². The number of amides is 1. The van der Waals surface area contributed by atoms with E-state index in [4.69, 9.17) is 0 Å². The smallest absolute Gasteiger partial charge is 0.326 e. The lowest BCUT2D eigenvalue weighted by Crippen LogP contribution is -2.40. The molecule has 112 valence electrons. The minimum atomic E-state index is -1.07. The van der Waals surface area contributed by atoms with Crippen molar-refractivity contribution in [3.63, 3.8) is 0 Å². The highest BCUT2D eigenvalue weighted by Gasteiger charge is 2.39. The van der Waals surface area contributed by atoms with E-state index >= 15 is 0 Å². The first-order valence-electron chi connectivity index (χ1n) is 7.10. The summed E-state index contributed by atoms with van der Waals surface area (Å²) in [5.74, 6) is -1.40. The first-order chi connectivity index (χ1) is 10.1. The molecule has 2 aliphatic heterocycles. The summed E-state index contributed by atoms with van der Waals surface area (Å²) in [6, 6.07) is 4.57. The maximum atomic E-state index is 12.5. The van der Waals surface area contributed by atoms with Crippen LogP contribution < -0.4 is 5.32 Å². The second-order valence-corrected chi connectivity index (χ2v) is 5.61. The fraction of sp³-hybridized carbons (Fsp3) is 0.467. The molecule has 1 aromatic rings. The van der Waals surface area contributed by atoms with Crippen molar-refractivity contribution < 1.29 is 19.8 Å². The quantitative estimate of drug-likeness (QED) is 0.713. The number of fused-ring (bicyclic) bond motifs is 1. The summed E-state index contributed by atoms with van der Waals surface area (Å²) in [6.07, 6.45) is 0.256. The predicted octanol–water partition coefficient (Wildman–Crippen LogP) is -0.00770. The standard InChI is InChI=1S/C15H18N2O4/c18-12-6-13(15(20)21)17(8-12)14(19)10-2-1-9-3-4-16-7-11(9)5-10/h1-2,5,12-13,16,18H,3-4,6-8H2,(H,20,21)/t12?,13-/m0/s1. The number of likely N-dealkylation sites (tertiary alicyclic amines) is 1. The Hall–Kier alpha value is -1.92. The van der Waals surface area contributed by atoms with Crippen molar-refractivity contribution in [2.75, 3.05) is 13.1 Å². The van der Waals surface area contributed by atoms with Gasteiger partial charge in [0.1, 0.15) is 6.04 Å². The van der Waals surface area contributed by atoms with Crippen LogP contribution in [0.15, 0.2) is 18.2 Å². The number of hydrogen-bond donors (Lipinski definition) is 3. The van der Waals surface area contributed by atoms with Crippen LogP contribution in [0.5, 0.6) is 0 Å². The van der Waals surface area contributed by atoms with Crippen LogP contribution in [0, 0.1) is 0 Å². The molecule has 0 bridgehead atoms. The van der Waals surface area contributed by atoms with Gasteiger partial charge in [-0.15, -0.1) is 0 Å². The van der Waals surface area contributed by atoms with E-state index in [-0.39, 0.29) is 18.9 Å². The Balaban J connectivity index is 1.86. The molecule has 1 aromatic carbocycles. The largest absolute Gasteiger partial charge is 0.480 e. The van der Waals surface area contributed by atoms with E-state index in [9.17, 15) is 19.8 Å². The Kier molecular flexibility index (Phi) is 3.65. The Morgan fingerprint density at radius 3 is 2.86 bits per heavy atom. The molecule has 21 heavy (non-hydrogen) atoms. The van der Waals surface area contributed by atoms with Crippen LogP contribution in [0.3, 0.4) is 0 Å². The van der Waals surface area contributed by atoms with Crippen LogP contribution in [0.25, 0.3) is 0 Å². The van der Waals surface area contributed by atoms with Gasteiger partial charge in [0, 0.05) is 25.1 Å². The number of β-amino-alcohol motifs (C(OH)–C–C–N with tert-alkyl or cyclic N) is 1. The van der Waals surface area contributed by atoms with Gasteiger partial charge in [0.15, 0.2) is 0 Å². The van der Waals surface area contributed by atoms with Crippen LogP contribution in [-0.2, 0) is 17.8 Å². The molecule has 6 heteroatoms. The number of carboxylic acid groups (broad SMARTS) is 1. The molecule has 2 atom stereocenters. The third-order valence-electron chi connectivity index (χ3n) is 4.16. The molecule has 0 radical (unpaired) electrons. The summed E-state index contributed by atoms with van der Waals surface area (Å²) in [7, 11) is 0. The van der Waals surface area contributed by atoms with Crippen LogP contribution in [0.4, 0.5) is 0 Å². The third-order valence-corrected chi connectivity index (χ3v) is 4.16. The van der Waals surface area contributed by atoms with E-state index in [1.165, 1.54) is 10.5 Å². The molecule has 0 saturated carbocycles. The molecule has 0 spiro atoms. The van der Waals surface area contributed by atoms with Crippen molar-refractivity contribution in [3.05, 3.63) is 34.9 Å². The molecular formula is C15H18N2O4. The zero-order chi connectivity index (χ0) is 15.0. The highest BCUT2D eigenvalue weighted by Crippen LogP contribution is 2.23. The summed E-state index contributed by atoms with van der Waals surface area (Å²) in [4.78, 5) is 25.0. The summed E-state index contributed by atoms with van der Waals surface area (Å²) >= 11 is 0. The van der Waals surface area contributed by atoms with Crippen LogP contribution >= 0.6 is 0 Å². The zero-order valence-electron chi connectivity index (χ0n) is 11.6.